The third-order valence-electron chi connectivity index (χ3n) is 5.27. The molecule has 1 saturated heterocycles. The fourth-order valence-corrected chi connectivity index (χ4v) is 4.48. The van der Waals surface area contributed by atoms with E-state index < -0.39 is 21.4 Å². The quantitative estimate of drug-likeness (QED) is 0.562. The molecule has 3 rings (SSSR count). The van der Waals surface area contributed by atoms with Crippen LogP contribution in [0.1, 0.15) is 39.5 Å². The Hall–Kier alpha value is -0.800. The van der Waals surface area contributed by atoms with Gasteiger partial charge in [0.05, 0.1) is 13.2 Å². The molecule has 1 spiro atoms. The largest absolute Gasteiger partial charge is 0.534 e. The van der Waals surface area contributed by atoms with Crippen molar-refractivity contribution in [2.75, 3.05) is 13.2 Å². The number of hydrogen-bond acceptors (Lipinski definition) is 5. The minimum atomic E-state index is -5.63. The van der Waals surface area contributed by atoms with E-state index in [0.29, 0.717) is 38.0 Å². The van der Waals surface area contributed by atoms with Crippen LogP contribution in [0.5, 0.6) is 0 Å². The number of rotatable bonds is 2. The Labute approximate surface area is 132 Å². The van der Waals surface area contributed by atoms with Crippen LogP contribution in [-0.2, 0) is 23.8 Å². The fourth-order valence-electron chi connectivity index (χ4n) is 3.93. The molecule has 1 saturated carbocycles. The summed E-state index contributed by atoms with van der Waals surface area (Å²) >= 11 is 0. The lowest BCUT2D eigenvalue weighted by atomic mass is 9.65. The second-order valence-corrected chi connectivity index (χ2v) is 8.32. The Morgan fingerprint density at radius 3 is 2.39 bits per heavy atom. The van der Waals surface area contributed by atoms with E-state index in [2.05, 4.69) is 4.18 Å². The van der Waals surface area contributed by atoms with E-state index in [9.17, 15) is 21.6 Å². The molecule has 23 heavy (non-hydrogen) atoms. The first-order valence-electron chi connectivity index (χ1n) is 7.46. The maximum absolute atomic E-state index is 12.5. The molecule has 3 aliphatic rings. The molecule has 2 aliphatic carbocycles. The van der Waals surface area contributed by atoms with Gasteiger partial charge in [0.15, 0.2) is 5.79 Å². The molecule has 0 radical (unpaired) electrons. The van der Waals surface area contributed by atoms with E-state index in [1.165, 1.54) is 0 Å². The van der Waals surface area contributed by atoms with Crippen molar-refractivity contribution in [1.29, 1.82) is 0 Å². The molecule has 0 aromatic carbocycles. The molecule has 2 fully saturated rings. The maximum atomic E-state index is 12.5. The summed E-state index contributed by atoms with van der Waals surface area (Å²) in [5, 5.41) is 0. The van der Waals surface area contributed by atoms with Crippen LogP contribution < -0.4 is 0 Å². The molecular formula is C14H19F3O5S. The van der Waals surface area contributed by atoms with Crippen molar-refractivity contribution in [3.05, 3.63) is 11.3 Å². The molecule has 1 aliphatic heterocycles. The summed E-state index contributed by atoms with van der Waals surface area (Å²) in [6.07, 6.45) is 2.00. The van der Waals surface area contributed by atoms with Crippen LogP contribution in [-0.4, -0.2) is 32.9 Å². The van der Waals surface area contributed by atoms with Crippen LogP contribution in [0.25, 0.3) is 0 Å². The highest BCUT2D eigenvalue weighted by Crippen LogP contribution is 2.58. The Kier molecular flexibility index (Phi) is 3.77. The Balaban J connectivity index is 1.85. The first-order valence-corrected chi connectivity index (χ1v) is 8.87. The number of halogens is 3. The third kappa shape index (κ3) is 2.76. The average Bonchev–Trinajstić information content (AvgIpc) is 2.96. The van der Waals surface area contributed by atoms with Gasteiger partial charge in [-0.15, -0.1) is 0 Å². The molecule has 9 heteroatoms. The van der Waals surface area contributed by atoms with E-state index in [4.69, 9.17) is 9.47 Å². The second kappa shape index (κ2) is 5.10. The smallest absolute Gasteiger partial charge is 0.381 e. The van der Waals surface area contributed by atoms with Gasteiger partial charge < -0.3 is 13.7 Å². The highest BCUT2D eigenvalue weighted by molar-refractivity contribution is 7.87. The van der Waals surface area contributed by atoms with Crippen LogP contribution in [0.4, 0.5) is 13.2 Å². The van der Waals surface area contributed by atoms with Gasteiger partial charge >= 0.3 is 15.6 Å². The van der Waals surface area contributed by atoms with Gasteiger partial charge in [0.1, 0.15) is 5.76 Å². The maximum Gasteiger partial charge on any atom is 0.534 e. The van der Waals surface area contributed by atoms with Crippen molar-refractivity contribution in [1.82, 2.24) is 0 Å². The van der Waals surface area contributed by atoms with E-state index in [1.54, 1.807) is 6.92 Å². The fraction of sp³-hybridized carbons (Fsp3) is 0.857. The molecule has 132 valence electrons. The number of ether oxygens (including phenoxy) is 2. The topological polar surface area (TPSA) is 61.8 Å². The first-order chi connectivity index (χ1) is 10.5. The minimum Gasteiger partial charge on any atom is -0.381 e. The zero-order valence-corrected chi connectivity index (χ0v) is 13.7. The predicted molar refractivity (Wildman–Crippen MR) is 73.5 cm³/mol. The van der Waals surface area contributed by atoms with Crippen molar-refractivity contribution >= 4 is 10.1 Å². The van der Waals surface area contributed by atoms with Crippen LogP contribution >= 0.6 is 0 Å². The van der Waals surface area contributed by atoms with Crippen LogP contribution in [0.15, 0.2) is 11.3 Å². The van der Waals surface area contributed by atoms with E-state index in [1.807, 2.05) is 6.92 Å². The van der Waals surface area contributed by atoms with Gasteiger partial charge in [0.2, 0.25) is 0 Å². The lowest BCUT2D eigenvalue weighted by molar-refractivity contribution is -0.199. The van der Waals surface area contributed by atoms with Gasteiger partial charge in [-0.25, -0.2) is 0 Å². The van der Waals surface area contributed by atoms with Gasteiger partial charge in [-0.05, 0) is 30.3 Å². The summed E-state index contributed by atoms with van der Waals surface area (Å²) in [5.41, 5.74) is -5.21. The molecule has 0 amide bonds. The normalized spacial score (nSPS) is 34.0. The SMILES string of the molecule is CC1=C(OS(=O)(=O)C(F)(F)F)C[C@@]2(C)CCC3(C[C@H]12)OCCO3. The zero-order valence-electron chi connectivity index (χ0n) is 12.9. The Morgan fingerprint density at radius 2 is 1.83 bits per heavy atom. The number of alkyl halides is 3. The van der Waals surface area contributed by atoms with Gasteiger partial charge in [0.25, 0.3) is 0 Å². The lowest BCUT2D eigenvalue weighted by Crippen LogP contribution is -2.43. The Bertz CT molecular complexity index is 633. The van der Waals surface area contributed by atoms with Crippen molar-refractivity contribution in [2.24, 2.45) is 11.3 Å². The average molecular weight is 356 g/mol. The summed E-state index contributed by atoms with van der Waals surface area (Å²) < 4.78 is 76.0. The van der Waals surface area contributed by atoms with Gasteiger partial charge in [0, 0.05) is 19.3 Å². The highest BCUT2D eigenvalue weighted by Gasteiger charge is 2.56. The van der Waals surface area contributed by atoms with E-state index >= 15 is 0 Å². The third-order valence-corrected chi connectivity index (χ3v) is 6.26. The van der Waals surface area contributed by atoms with Gasteiger partial charge in [-0.1, -0.05) is 6.92 Å². The molecule has 0 aromatic heterocycles. The molecule has 1 heterocycles. The standard InChI is InChI=1S/C14H19F3O5S/c1-9-10-7-13(20-5-6-21-13)4-3-12(10,2)8-11(9)22-23(18,19)14(15,16)17/h10H,3-8H2,1-2H3/t10-,12-/m1/s1. The second-order valence-electron chi connectivity index (χ2n) is 6.78. The Morgan fingerprint density at radius 1 is 1.22 bits per heavy atom. The van der Waals surface area contributed by atoms with Gasteiger partial charge in [-0.2, -0.15) is 21.6 Å². The number of allylic oxidation sites excluding steroid dienone is 2. The van der Waals surface area contributed by atoms with Crippen LogP contribution in [0.3, 0.4) is 0 Å². The van der Waals surface area contributed by atoms with Crippen molar-refractivity contribution in [3.63, 3.8) is 0 Å². The molecule has 0 bridgehead atoms. The zero-order chi connectivity index (χ0) is 17.1. The molecule has 2 atom stereocenters. The van der Waals surface area contributed by atoms with Crippen molar-refractivity contribution in [2.45, 2.75) is 50.8 Å². The lowest BCUT2D eigenvalue weighted by Gasteiger charge is -2.44. The van der Waals surface area contributed by atoms with Gasteiger partial charge in [-0.3, -0.25) is 0 Å². The molecular weight excluding hydrogens is 337 g/mol. The summed E-state index contributed by atoms with van der Waals surface area (Å²) in [5.74, 6) is -0.901. The predicted octanol–water partition coefficient (Wildman–Crippen LogP) is 3.08. The molecule has 5 nitrogen and oxygen atoms in total. The van der Waals surface area contributed by atoms with E-state index in [0.717, 1.165) is 0 Å². The van der Waals surface area contributed by atoms with Crippen LogP contribution in [0, 0.1) is 11.3 Å². The number of hydrogen-bond donors (Lipinski definition) is 0. The molecule has 0 N–H and O–H groups in total. The first kappa shape index (κ1) is 17.0. The summed E-state index contributed by atoms with van der Waals surface area (Å²) in [6.45, 7) is 4.57. The molecule has 0 unspecified atom stereocenters. The summed E-state index contributed by atoms with van der Waals surface area (Å²) in [7, 11) is -5.63. The number of fused-ring (bicyclic) bond motifs is 1. The molecule has 0 aromatic rings. The van der Waals surface area contributed by atoms with Crippen molar-refractivity contribution in [3.8, 4) is 0 Å². The van der Waals surface area contributed by atoms with Crippen molar-refractivity contribution < 1.29 is 35.2 Å². The van der Waals surface area contributed by atoms with Crippen LogP contribution in [0.2, 0.25) is 0 Å². The highest BCUT2D eigenvalue weighted by atomic mass is 32.2. The summed E-state index contributed by atoms with van der Waals surface area (Å²) in [6, 6.07) is 0. The minimum absolute atomic E-state index is 0.0927. The van der Waals surface area contributed by atoms with E-state index in [-0.39, 0.29) is 23.5 Å². The monoisotopic (exact) mass is 356 g/mol. The summed E-state index contributed by atoms with van der Waals surface area (Å²) in [4.78, 5) is 0.